The van der Waals surface area contributed by atoms with Gasteiger partial charge < -0.3 is 28.4 Å². The van der Waals surface area contributed by atoms with E-state index in [1.165, 1.54) is 40.7 Å². The lowest BCUT2D eigenvalue weighted by Gasteiger charge is -2.14. The second-order valence-electron chi connectivity index (χ2n) is 14.4. The summed E-state index contributed by atoms with van der Waals surface area (Å²) >= 11 is 0. The van der Waals surface area contributed by atoms with E-state index < -0.39 is 35.8 Å². The average Bonchev–Trinajstić information content (AvgIpc) is 3.22. The fourth-order valence-electron chi connectivity index (χ4n) is 4.98. The van der Waals surface area contributed by atoms with Crippen LogP contribution in [0.15, 0.2) is 140 Å². The maximum Gasteiger partial charge on any atom is 0.346 e. The Labute approximate surface area is 365 Å². The lowest BCUT2D eigenvalue weighted by molar-refractivity contribution is -0.131. The van der Waals surface area contributed by atoms with E-state index in [4.69, 9.17) is 28.4 Å². The van der Waals surface area contributed by atoms with E-state index in [0.29, 0.717) is 33.4 Å². The second-order valence-corrected chi connectivity index (χ2v) is 14.4. The van der Waals surface area contributed by atoms with Gasteiger partial charge in [0.2, 0.25) is 0 Å². The Morgan fingerprint density at radius 2 is 0.968 bits per heavy atom. The molecule has 0 aliphatic carbocycles. The SMILES string of the molecule is C=C(C)C(=O)Oc1ccc(-c2ccc(C(C)=COC(=O)c3cc(OC(=O)C(=C)C)c(C#Cc4ccc(OC(=O)C(=C)C)cc4C)cc3OC(=O)C(=C)C)cc2OC(=O)C(=C)C)cc1. The minimum atomic E-state index is -1.01. The summed E-state index contributed by atoms with van der Waals surface area (Å²) in [5.74, 6) is 1.58. The Hall–Kier alpha value is -8.30. The van der Waals surface area contributed by atoms with E-state index in [1.54, 1.807) is 74.5 Å². The molecule has 0 amide bonds. The lowest BCUT2D eigenvalue weighted by Crippen LogP contribution is -2.14. The number of hydrogen-bond donors (Lipinski definition) is 0. The van der Waals surface area contributed by atoms with Crippen LogP contribution in [0.1, 0.15) is 74.2 Å². The van der Waals surface area contributed by atoms with Crippen LogP contribution in [-0.4, -0.2) is 35.8 Å². The van der Waals surface area contributed by atoms with Gasteiger partial charge in [-0.15, -0.1) is 0 Å². The third-order valence-corrected chi connectivity index (χ3v) is 8.55. The maximum atomic E-state index is 13.8. The molecule has 0 spiro atoms. The van der Waals surface area contributed by atoms with E-state index in [0.717, 1.165) is 12.3 Å². The molecule has 320 valence electrons. The van der Waals surface area contributed by atoms with Crippen molar-refractivity contribution in [3.05, 3.63) is 168 Å². The van der Waals surface area contributed by atoms with E-state index in [-0.39, 0.29) is 67.7 Å². The number of aryl methyl sites for hydroxylation is 1. The number of carbonyl (C=O) groups excluding carboxylic acids is 6. The van der Waals surface area contributed by atoms with Crippen LogP contribution in [0.25, 0.3) is 16.7 Å². The first-order chi connectivity index (χ1) is 29.6. The molecule has 63 heavy (non-hydrogen) atoms. The molecule has 0 radical (unpaired) electrons. The number of hydrogen-bond acceptors (Lipinski definition) is 12. The summed E-state index contributed by atoms with van der Waals surface area (Å²) in [7, 11) is 0. The van der Waals surface area contributed by atoms with Crippen LogP contribution in [0.5, 0.6) is 28.7 Å². The van der Waals surface area contributed by atoms with Gasteiger partial charge in [0, 0.05) is 51.1 Å². The van der Waals surface area contributed by atoms with Gasteiger partial charge in [-0.25, -0.2) is 28.8 Å². The highest BCUT2D eigenvalue weighted by Gasteiger charge is 2.23. The summed E-state index contributed by atoms with van der Waals surface area (Å²) in [5, 5.41) is 0. The minimum absolute atomic E-state index is 0.0206. The molecular formula is C51H44O12. The number of allylic oxidation sites excluding steroid dienone is 1. The van der Waals surface area contributed by atoms with Crippen LogP contribution in [0, 0.1) is 18.8 Å². The highest BCUT2D eigenvalue weighted by molar-refractivity contribution is 5.98. The number of carbonyl (C=O) groups is 6. The summed E-state index contributed by atoms with van der Waals surface area (Å²) < 4.78 is 33.0. The molecule has 0 saturated heterocycles. The van der Waals surface area contributed by atoms with Crippen molar-refractivity contribution in [2.24, 2.45) is 0 Å². The summed E-state index contributed by atoms with van der Waals surface area (Å²) in [4.78, 5) is 76.2. The molecule has 12 nitrogen and oxygen atoms in total. The van der Waals surface area contributed by atoms with Gasteiger partial charge in [0.15, 0.2) is 0 Å². The molecule has 4 aromatic rings. The van der Waals surface area contributed by atoms with Gasteiger partial charge in [-0.1, -0.05) is 69.0 Å². The van der Waals surface area contributed by atoms with Gasteiger partial charge in [-0.3, -0.25) is 0 Å². The Bertz CT molecular complexity index is 2730. The molecule has 0 bridgehead atoms. The zero-order valence-corrected chi connectivity index (χ0v) is 35.9. The smallest absolute Gasteiger partial charge is 0.346 e. The Kier molecular flexibility index (Phi) is 15.6. The third-order valence-electron chi connectivity index (χ3n) is 8.55. The van der Waals surface area contributed by atoms with Crippen molar-refractivity contribution in [1.29, 1.82) is 0 Å². The van der Waals surface area contributed by atoms with Crippen molar-refractivity contribution in [3.63, 3.8) is 0 Å². The molecular weight excluding hydrogens is 805 g/mol. The zero-order valence-electron chi connectivity index (χ0n) is 35.9. The summed E-state index contributed by atoms with van der Waals surface area (Å²) in [6, 6.07) is 18.7. The Balaban J connectivity index is 1.75. The van der Waals surface area contributed by atoms with Crippen molar-refractivity contribution in [2.75, 3.05) is 0 Å². The molecule has 0 unspecified atom stereocenters. The third kappa shape index (κ3) is 12.8. The first kappa shape index (κ1) is 47.4. The molecule has 0 aliphatic rings. The van der Waals surface area contributed by atoms with E-state index in [9.17, 15) is 28.8 Å². The molecule has 4 aromatic carbocycles. The predicted octanol–water partition coefficient (Wildman–Crippen LogP) is 9.69. The monoisotopic (exact) mass is 848 g/mol. The Morgan fingerprint density at radius 1 is 0.492 bits per heavy atom. The van der Waals surface area contributed by atoms with E-state index in [2.05, 4.69) is 44.7 Å². The fraction of sp³-hybridized carbons (Fsp3) is 0.137. The first-order valence-electron chi connectivity index (χ1n) is 19.0. The highest BCUT2D eigenvalue weighted by atomic mass is 16.6. The van der Waals surface area contributed by atoms with Gasteiger partial charge in [0.1, 0.15) is 34.3 Å². The number of benzene rings is 4. The molecule has 0 aliphatic heterocycles. The highest BCUT2D eigenvalue weighted by Crippen LogP contribution is 2.35. The van der Waals surface area contributed by atoms with Crippen molar-refractivity contribution < 1.29 is 57.2 Å². The van der Waals surface area contributed by atoms with E-state index in [1.807, 2.05) is 0 Å². The lowest BCUT2D eigenvalue weighted by atomic mass is 10.00. The molecule has 0 heterocycles. The maximum absolute atomic E-state index is 13.8. The minimum Gasteiger partial charge on any atom is -0.430 e. The molecule has 0 atom stereocenters. The van der Waals surface area contributed by atoms with Gasteiger partial charge in [0.25, 0.3) is 0 Å². The first-order valence-corrected chi connectivity index (χ1v) is 19.0. The van der Waals surface area contributed by atoms with Crippen molar-refractivity contribution in [1.82, 2.24) is 0 Å². The van der Waals surface area contributed by atoms with Crippen LogP contribution >= 0.6 is 0 Å². The molecule has 4 rings (SSSR count). The molecule has 0 fully saturated rings. The molecule has 0 saturated carbocycles. The van der Waals surface area contributed by atoms with Crippen molar-refractivity contribution in [2.45, 2.75) is 48.5 Å². The summed E-state index contributed by atoms with van der Waals surface area (Å²) in [6.07, 6.45) is 1.14. The van der Waals surface area contributed by atoms with Gasteiger partial charge in [-0.2, -0.15) is 0 Å². The van der Waals surface area contributed by atoms with Crippen LogP contribution in [0.4, 0.5) is 0 Å². The van der Waals surface area contributed by atoms with Crippen molar-refractivity contribution in [3.8, 4) is 51.7 Å². The van der Waals surface area contributed by atoms with Gasteiger partial charge in [0.05, 0.1) is 11.8 Å². The molecule has 0 aromatic heterocycles. The van der Waals surface area contributed by atoms with E-state index >= 15 is 0 Å². The van der Waals surface area contributed by atoms with Crippen LogP contribution in [-0.2, 0) is 28.7 Å². The average molecular weight is 849 g/mol. The largest absolute Gasteiger partial charge is 0.430 e. The van der Waals surface area contributed by atoms with Gasteiger partial charge >= 0.3 is 35.8 Å². The summed E-state index contributed by atoms with van der Waals surface area (Å²) in [5.41, 5.74) is 3.58. The Morgan fingerprint density at radius 3 is 1.51 bits per heavy atom. The standard InChI is InChI=1S/C51H44O12/c1-28(2)46(52)59-39-19-16-36(17-20-39)41-22-18-37(24-44(41)62-49(55)31(7)8)34(12)27-58-51(57)42-26-43(61-48(54)30(5)6)38(25-45(42)63-50(56)32(9)10)14-13-35-15-21-40(23-33(35)11)60-47(53)29(3)4/h15-27H,1,3,5,7,9H2,2,4,6,8,10-12H3. The normalized spacial score (nSPS) is 10.5. The molecule has 0 N–H and O–H groups in total. The number of esters is 6. The summed E-state index contributed by atoms with van der Waals surface area (Å²) in [6.45, 7) is 28.9. The number of ether oxygens (including phenoxy) is 6. The quantitative estimate of drug-likeness (QED) is 0.0390. The van der Waals surface area contributed by atoms with Crippen molar-refractivity contribution >= 4 is 41.4 Å². The van der Waals surface area contributed by atoms with Gasteiger partial charge in [-0.05, 0) is 107 Å². The second kappa shape index (κ2) is 20.8. The fourth-order valence-corrected chi connectivity index (χ4v) is 4.98. The predicted molar refractivity (Wildman–Crippen MR) is 237 cm³/mol. The van der Waals surface area contributed by atoms with Crippen LogP contribution in [0.3, 0.4) is 0 Å². The van der Waals surface area contributed by atoms with Crippen LogP contribution < -0.4 is 23.7 Å². The zero-order chi connectivity index (χ0) is 46.7. The number of rotatable bonds is 14. The molecule has 12 heteroatoms. The van der Waals surface area contributed by atoms with Crippen LogP contribution in [0.2, 0.25) is 0 Å². The topological polar surface area (TPSA) is 158 Å².